The maximum Gasteiger partial charge on any atom is 0.284 e. The van der Waals surface area contributed by atoms with Gasteiger partial charge >= 0.3 is 0 Å². The van der Waals surface area contributed by atoms with E-state index in [1.165, 1.54) is 0 Å². The Hall–Kier alpha value is -2.87. The van der Waals surface area contributed by atoms with Gasteiger partial charge in [-0.3, -0.25) is 15.2 Å². The fraction of sp³-hybridized carbons (Fsp3) is 0.238. The Labute approximate surface area is 174 Å². The molecule has 150 valence electrons. The second-order valence-corrected chi connectivity index (χ2v) is 7.10. The van der Waals surface area contributed by atoms with Gasteiger partial charge in [0, 0.05) is 41.1 Å². The molecule has 0 fully saturated rings. The van der Waals surface area contributed by atoms with Crippen LogP contribution in [0.25, 0.3) is 22.6 Å². The zero-order valence-corrected chi connectivity index (χ0v) is 17.0. The van der Waals surface area contributed by atoms with Gasteiger partial charge in [-0.05, 0) is 44.2 Å². The van der Waals surface area contributed by atoms with Gasteiger partial charge in [0.2, 0.25) is 0 Å². The third-order valence-electron chi connectivity index (χ3n) is 4.23. The molecule has 1 amide bonds. The molecule has 0 bridgehead atoms. The molecule has 0 aliphatic rings. The van der Waals surface area contributed by atoms with Crippen LogP contribution in [0.2, 0.25) is 5.02 Å². The number of benzene rings is 1. The highest BCUT2D eigenvalue weighted by molar-refractivity contribution is 6.30. The van der Waals surface area contributed by atoms with Gasteiger partial charge in [0.15, 0.2) is 5.82 Å². The van der Waals surface area contributed by atoms with Crippen LogP contribution in [-0.2, 0) is 0 Å². The van der Waals surface area contributed by atoms with E-state index in [0.717, 1.165) is 5.56 Å². The molecular weight excluding hydrogens is 390 g/mol. The first kappa shape index (κ1) is 20.9. The van der Waals surface area contributed by atoms with Crippen molar-refractivity contribution in [3.8, 4) is 22.6 Å². The maximum atomic E-state index is 12.9. The van der Waals surface area contributed by atoms with Crippen LogP contribution >= 0.6 is 11.6 Å². The predicted octanol–water partition coefficient (Wildman–Crippen LogP) is 3.21. The van der Waals surface area contributed by atoms with Gasteiger partial charge in [0.05, 0.1) is 12.3 Å². The molecule has 1 aromatic carbocycles. The number of amides is 1. The average Bonchev–Trinajstić information content (AvgIpc) is 2.74. The standard InChI is InChI=1S/C21H22ClN5O2/c1-14(2)27(10-11-28)26-21(29)19-12-18(15-5-7-17(22)8-6-15)24-20(25-19)16-4-3-9-23-13-16/h3-9,12-14,28H,10-11H2,1-2H3,(H,26,29). The average molecular weight is 412 g/mol. The molecule has 2 aromatic heterocycles. The summed E-state index contributed by atoms with van der Waals surface area (Å²) in [6.45, 7) is 4.10. The third kappa shape index (κ3) is 5.35. The molecular formula is C21H22ClN5O2. The molecule has 29 heavy (non-hydrogen) atoms. The zero-order chi connectivity index (χ0) is 20.8. The lowest BCUT2D eigenvalue weighted by atomic mass is 10.1. The fourth-order valence-electron chi connectivity index (χ4n) is 2.69. The monoisotopic (exact) mass is 411 g/mol. The number of hydrogen-bond donors (Lipinski definition) is 2. The van der Waals surface area contributed by atoms with Gasteiger partial charge in [-0.1, -0.05) is 23.7 Å². The molecule has 0 atom stereocenters. The van der Waals surface area contributed by atoms with Gasteiger partial charge in [-0.2, -0.15) is 0 Å². The number of rotatable bonds is 7. The summed E-state index contributed by atoms with van der Waals surface area (Å²) in [5, 5.41) is 11.5. The van der Waals surface area contributed by atoms with E-state index in [2.05, 4.69) is 20.4 Å². The van der Waals surface area contributed by atoms with Crippen LogP contribution in [-0.4, -0.2) is 50.2 Å². The number of halogens is 1. The van der Waals surface area contributed by atoms with E-state index in [1.54, 1.807) is 41.7 Å². The van der Waals surface area contributed by atoms with Crippen LogP contribution in [0.1, 0.15) is 24.3 Å². The fourth-order valence-corrected chi connectivity index (χ4v) is 2.82. The van der Waals surface area contributed by atoms with Crippen molar-refractivity contribution in [2.24, 2.45) is 0 Å². The minimum Gasteiger partial charge on any atom is -0.395 e. The Balaban J connectivity index is 2.02. The smallest absolute Gasteiger partial charge is 0.284 e. The highest BCUT2D eigenvalue weighted by Crippen LogP contribution is 2.23. The molecule has 0 spiro atoms. The van der Waals surface area contributed by atoms with E-state index in [0.29, 0.717) is 28.6 Å². The number of hydrogen-bond acceptors (Lipinski definition) is 6. The van der Waals surface area contributed by atoms with E-state index >= 15 is 0 Å². The summed E-state index contributed by atoms with van der Waals surface area (Å²) < 4.78 is 0. The quantitative estimate of drug-likeness (QED) is 0.580. The van der Waals surface area contributed by atoms with Crippen LogP contribution in [0.4, 0.5) is 0 Å². The normalized spacial score (nSPS) is 11.1. The Bertz CT molecular complexity index is 965. The lowest BCUT2D eigenvalue weighted by Crippen LogP contribution is -2.48. The molecule has 8 heteroatoms. The van der Waals surface area contributed by atoms with Gasteiger partial charge in [0.1, 0.15) is 5.69 Å². The molecule has 3 aromatic rings. The summed E-state index contributed by atoms with van der Waals surface area (Å²) in [5.74, 6) is 0.0175. The Morgan fingerprint density at radius 2 is 1.93 bits per heavy atom. The molecule has 2 N–H and O–H groups in total. The predicted molar refractivity (Wildman–Crippen MR) is 112 cm³/mol. The lowest BCUT2D eigenvalue weighted by Gasteiger charge is -2.26. The lowest BCUT2D eigenvalue weighted by molar-refractivity contribution is 0.0661. The molecule has 2 heterocycles. The first-order valence-corrected chi connectivity index (χ1v) is 9.59. The van der Waals surface area contributed by atoms with E-state index in [4.69, 9.17) is 11.6 Å². The number of pyridine rings is 1. The number of hydrazine groups is 1. The minimum absolute atomic E-state index is 0.0152. The van der Waals surface area contributed by atoms with Crippen molar-refractivity contribution in [3.63, 3.8) is 0 Å². The van der Waals surface area contributed by atoms with Crippen molar-refractivity contribution in [2.75, 3.05) is 13.2 Å². The van der Waals surface area contributed by atoms with Crippen molar-refractivity contribution in [3.05, 3.63) is 65.6 Å². The van der Waals surface area contributed by atoms with Gasteiger partial charge in [-0.15, -0.1) is 0 Å². The van der Waals surface area contributed by atoms with Crippen LogP contribution in [0.3, 0.4) is 0 Å². The molecule has 0 saturated heterocycles. The van der Waals surface area contributed by atoms with Gasteiger partial charge in [0.25, 0.3) is 5.91 Å². The number of aromatic nitrogens is 3. The van der Waals surface area contributed by atoms with Crippen molar-refractivity contribution in [1.29, 1.82) is 0 Å². The molecule has 0 aliphatic heterocycles. The van der Waals surface area contributed by atoms with Crippen molar-refractivity contribution in [1.82, 2.24) is 25.4 Å². The van der Waals surface area contributed by atoms with E-state index in [1.807, 2.05) is 32.0 Å². The van der Waals surface area contributed by atoms with Crippen molar-refractivity contribution in [2.45, 2.75) is 19.9 Å². The van der Waals surface area contributed by atoms with Gasteiger partial charge < -0.3 is 5.11 Å². The van der Waals surface area contributed by atoms with Crippen LogP contribution in [0.15, 0.2) is 54.9 Å². The number of nitrogens with one attached hydrogen (secondary N) is 1. The third-order valence-corrected chi connectivity index (χ3v) is 4.48. The number of aliphatic hydroxyl groups excluding tert-OH is 1. The second-order valence-electron chi connectivity index (χ2n) is 6.66. The summed E-state index contributed by atoms with van der Waals surface area (Å²) >= 11 is 5.99. The number of aliphatic hydroxyl groups is 1. The summed E-state index contributed by atoms with van der Waals surface area (Å²) in [7, 11) is 0. The topological polar surface area (TPSA) is 91.2 Å². The van der Waals surface area contributed by atoms with Gasteiger partial charge in [-0.25, -0.2) is 15.0 Å². The summed E-state index contributed by atoms with van der Waals surface area (Å²) in [5.41, 5.74) is 5.13. The molecule has 0 saturated carbocycles. The van der Waals surface area contributed by atoms with Crippen LogP contribution < -0.4 is 5.43 Å². The molecule has 0 aliphatic carbocycles. The number of carbonyl (C=O) groups excluding carboxylic acids is 1. The van der Waals surface area contributed by atoms with Crippen molar-refractivity contribution >= 4 is 17.5 Å². The first-order valence-electron chi connectivity index (χ1n) is 9.22. The van der Waals surface area contributed by atoms with Crippen LogP contribution in [0, 0.1) is 0 Å². The Kier molecular flexibility index (Phi) is 6.87. The first-order chi connectivity index (χ1) is 14.0. The number of carbonyl (C=O) groups is 1. The largest absolute Gasteiger partial charge is 0.395 e. The summed E-state index contributed by atoms with van der Waals surface area (Å²) in [4.78, 5) is 26.1. The summed E-state index contributed by atoms with van der Waals surface area (Å²) in [6, 6.07) is 12.5. The second kappa shape index (κ2) is 9.56. The summed E-state index contributed by atoms with van der Waals surface area (Å²) in [6.07, 6.45) is 3.31. The van der Waals surface area contributed by atoms with Crippen molar-refractivity contribution < 1.29 is 9.90 Å². The maximum absolute atomic E-state index is 12.9. The molecule has 0 unspecified atom stereocenters. The SMILES string of the molecule is CC(C)N(CCO)NC(=O)c1cc(-c2ccc(Cl)cc2)nc(-c2cccnc2)n1. The van der Waals surface area contributed by atoms with E-state index in [9.17, 15) is 9.90 Å². The highest BCUT2D eigenvalue weighted by atomic mass is 35.5. The molecule has 3 rings (SSSR count). The Morgan fingerprint density at radius 1 is 1.17 bits per heavy atom. The van der Waals surface area contributed by atoms with E-state index in [-0.39, 0.29) is 24.2 Å². The van der Waals surface area contributed by atoms with E-state index < -0.39 is 0 Å². The molecule has 0 radical (unpaired) electrons. The van der Waals surface area contributed by atoms with Crippen LogP contribution in [0.5, 0.6) is 0 Å². The highest BCUT2D eigenvalue weighted by Gasteiger charge is 2.18. The zero-order valence-electron chi connectivity index (χ0n) is 16.2. The Morgan fingerprint density at radius 3 is 2.55 bits per heavy atom. The molecule has 7 nitrogen and oxygen atoms in total. The number of nitrogens with zero attached hydrogens (tertiary/aromatic N) is 4. The minimum atomic E-state index is -0.380.